The van der Waals surface area contributed by atoms with Crippen LogP contribution in [0.3, 0.4) is 0 Å². The molecule has 3 nitrogen and oxygen atoms in total. The summed E-state index contributed by atoms with van der Waals surface area (Å²) in [6.07, 6.45) is 1.82. The number of nitrogen functional groups attached to an aromatic ring is 1. The molecule has 0 spiro atoms. The lowest BCUT2D eigenvalue weighted by Gasteiger charge is -2.02. The molecule has 0 amide bonds. The van der Waals surface area contributed by atoms with Crippen molar-refractivity contribution in [3.8, 4) is 0 Å². The smallest absolute Gasteiger partial charge is 0.146 e. The fourth-order valence-corrected chi connectivity index (χ4v) is 2.26. The molecule has 0 bridgehead atoms. The molecule has 0 saturated heterocycles. The highest BCUT2D eigenvalue weighted by molar-refractivity contribution is 7.99. The zero-order valence-corrected chi connectivity index (χ0v) is 9.58. The first kappa shape index (κ1) is 10.1. The van der Waals surface area contributed by atoms with Gasteiger partial charge in [-0.25, -0.2) is 0 Å². The van der Waals surface area contributed by atoms with Gasteiger partial charge in [-0.3, -0.25) is 4.68 Å². The molecule has 4 heteroatoms. The van der Waals surface area contributed by atoms with Crippen LogP contribution in [0.25, 0.3) is 0 Å². The van der Waals surface area contributed by atoms with Crippen molar-refractivity contribution in [2.24, 2.45) is 7.05 Å². The number of nitrogens with zero attached hydrogens (tertiary/aromatic N) is 2. The van der Waals surface area contributed by atoms with Crippen molar-refractivity contribution in [3.05, 3.63) is 36.0 Å². The number of hydrogen-bond donors (Lipinski definition) is 1. The third kappa shape index (κ3) is 2.15. The maximum absolute atomic E-state index is 5.84. The fraction of sp³-hybridized carbons (Fsp3) is 0.182. The van der Waals surface area contributed by atoms with Gasteiger partial charge < -0.3 is 5.73 Å². The van der Waals surface area contributed by atoms with Gasteiger partial charge in [0.25, 0.3) is 0 Å². The summed E-state index contributed by atoms with van der Waals surface area (Å²) >= 11 is 1.60. The van der Waals surface area contributed by atoms with E-state index in [0.29, 0.717) is 0 Å². The molecule has 1 heterocycles. The van der Waals surface area contributed by atoms with E-state index in [1.165, 1.54) is 10.5 Å². The van der Waals surface area contributed by atoms with Crippen molar-refractivity contribution in [2.45, 2.75) is 16.8 Å². The lowest BCUT2D eigenvalue weighted by Crippen LogP contribution is -1.87. The summed E-state index contributed by atoms with van der Waals surface area (Å²) < 4.78 is 1.73. The van der Waals surface area contributed by atoms with E-state index in [9.17, 15) is 0 Å². The number of anilines is 1. The van der Waals surface area contributed by atoms with Crippen molar-refractivity contribution in [2.75, 3.05) is 5.73 Å². The van der Waals surface area contributed by atoms with E-state index in [4.69, 9.17) is 5.73 Å². The van der Waals surface area contributed by atoms with Crippen LogP contribution in [-0.4, -0.2) is 9.78 Å². The maximum atomic E-state index is 5.84. The topological polar surface area (TPSA) is 43.8 Å². The second-order valence-electron chi connectivity index (χ2n) is 3.43. The predicted octanol–water partition coefficient (Wildman–Crippen LogP) is 2.46. The molecule has 2 aromatic rings. The van der Waals surface area contributed by atoms with Crippen LogP contribution in [0.1, 0.15) is 5.56 Å². The first-order valence-corrected chi connectivity index (χ1v) is 5.51. The lowest BCUT2D eigenvalue weighted by molar-refractivity contribution is 0.738. The minimum atomic E-state index is 0.728. The quantitative estimate of drug-likeness (QED) is 0.843. The normalized spacial score (nSPS) is 10.5. The Morgan fingerprint density at radius 1 is 1.33 bits per heavy atom. The highest BCUT2D eigenvalue weighted by Gasteiger charge is 2.07. The Morgan fingerprint density at radius 2 is 2.07 bits per heavy atom. The maximum Gasteiger partial charge on any atom is 0.146 e. The van der Waals surface area contributed by atoms with E-state index in [2.05, 4.69) is 24.2 Å². The molecule has 0 saturated carbocycles. The molecule has 0 aliphatic rings. The Bertz CT molecular complexity index is 476. The van der Waals surface area contributed by atoms with Gasteiger partial charge in [-0.05, 0) is 18.6 Å². The minimum Gasteiger partial charge on any atom is -0.395 e. The molecule has 2 rings (SSSR count). The minimum absolute atomic E-state index is 0.728. The van der Waals surface area contributed by atoms with Gasteiger partial charge in [0.2, 0.25) is 0 Å². The summed E-state index contributed by atoms with van der Waals surface area (Å²) in [7, 11) is 1.87. The fourth-order valence-electron chi connectivity index (χ4n) is 1.34. The van der Waals surface area contributed by atoms with E-state index < -0.39 is 0 Å². The summed E-state index contributed by atoms with van der Waals surface area (Å²) in [6.45, 7) is 2.08. The number of benzene rings is 1. The van der Waals surface area contributed by atoms with Crippen LogP contribution in [0.2, 0.25) is 0 Å². The van der Waals surface area contributed by atoms with Gasteiger partial charge in [-0.1, -0.05) is 30.0 Å². The van der Waals surface area contributed by atoms with Crippen LogP contribution in [0.15, 0.2) is 40.4 Å². The van der Waals surface area contributed by atoms with Crippen LogP contribution in [0, 0.1) is 6.92 Å². The zero-order chi connectivity index (χ0) is 10.8. The molecule has 0 radical (unpaired) electrons. The third-order valence-corrected chi connectivity index (χ3v) is 3.31. The lowest BCUT2D eigenvalue weighted by atomic mass is 10.2. The first-order valence-electron chi connectivity index (χ1n) is 4.69. The molecular weight excluding hydrogens is 206 g/mol. The summed E-state index contributed by atoms with van der Waals surface area (Å²) in [6, 6.07) is 8.21. The molecule has 0 fully saturated rings. The third-order valence-electron chi connectivity index (χ3n) is 2.12. The molecule has 0 aliphatic carbocycles. The Balaban J connectivity index is 2.29. The Labute approximate surface area is 93.3 Å². The Morgan fingerprint density at radius 3 is 2.67 bits per heavy atom. The van der Waals surface area contributed by atoms with E-state index in [1.54, 1.807) is 16.4 Å². The number of nitrogens with two attached hydrogens (primary N) is 1. The summed E-state index contributed by atoms with van der Waals surface area (Å²) in [5.41, 5.74) is 7.81. The number of aryl methyl sites for hydroxylation is 2. The molecule has 15 heavy (non-hydrogen) atoms. The van der Waals surface area contributed by atoms with Gasteiger partial charge in [0.05, 0.1) is 5.69 Å². The molecule has 1 aromatic carbocycles. The standard InChI is InChI=1S/C11H13N3S/c1-8-5-3-4-6-10(8)15-11-9(12)7-14(2)13-11/h3-7H,12H2,1-2H3. The van der Waals surface area contributed by atoms with Crippen molar-refractivity contribution < 1.29 is 0 Å². The van der Waals surface area contributed by atoms with Crippen LogP contribution >= 0.6 is 11.8 Å². The highest BCUT2D eigenvalue weighted by atomic mass is 32.2. The van der Waals surface area contributed by atoms with E-state index in [1.807, 2.05) is 25.4 Å². The van der Waals surface area contributed by atoms with Gasteiger partial charge in [0.15, 0.2) is 0 Å². The molecule has 2 N–H and O–H groups in total. The van der Waals surface area contributed by atoms with Gasteiger partial charge in [-0.15, -0.1) is 0 Å². The van der Waals surface area contributed by atoms with Crippen molar-refractivity contribution >= 4 is 17.4 Å². The summed E-state index contributed by atoms with van der Waals surface area (Å²) in [5.74, 6) is 0. The number of hydrogen-bond acceptors (Lipinski definition) is 3. The summed E-state index contributed by atoms with van der Waals surface area (Å²) in [5, 5.41) is 5.17. The van der Waals surface area contributed by atoms with E-state index in [-0.39, 0.29) is 0 Å². The largest absolute Gasteiger partial charge is 0.395 e. The predicted molar refractivity (Wildman–Crippen MR) is 62.9 cm³/mol. The van der Waals surface area contributed by atoms with Crippen LogP contribution in [-0.2, 0) is 7.05 Å². The van der Waals surface area contributed by atoms with Gasteiger partial charge >= 0.3 is 0 Å². The monoisotopic (exact) mass is 219 g/mol. The molecular formula is C11H13N3S. The van der Waals surface area contributed by atoms with Crippen molar-refractivity contribution in [1.29, 1.82) is 0 Å². The van der Waals surface area contributed by atoms with E-state index in [0.717, 1.165) is 10.7 Å². The molecule has 0 atom stereocenters. The van der Waals surface area contributed by atoms with Crippen LogP contribution in [0.5, 0.6) is 0 Å². The van der Waals surface area contributed by atoms with Gasteiger partial charge in [0, 0.05) is 18.1 Å². The Hall–Kier alpha value is -1.42. The molecule has 1 aromatic heterocycles. The van der Waals surface area contributed by atoms with Crippen LogP contribution < -0.4 is 5.73 Å². The van der Waals surface area contributed by atoms with E-state index >= 15 is 0 Å². The molecule has 0 aliphatic heterocycles. The van der Waals surface area contributed by atoms with Gasteiger partial charge in [0.1, 0.15) is 5.03 Å². The average molecular weight is 219 g/mol. The first-order chi connectivity index (χ1) is 7.16. The number of rotatable bonds is 2. The average Bonchev–Trinajstić information content (AvgIpc) is 2.49. The zero-order valence-electron chi connectivity index (χ0n) is 8.77. The van der Waals surface area contributed by atoms with Crippen molar-refractivity contribution in [1.82, 2.24) is 9.78 Å². The molecule has 0 unspecified atom stereocenters. The number of aromatic nitrogens is 2. The Kier molecular flexibility index (Phi) is 2.68. The molecule has 78 valence electrons. The second kappa shape index (κ2) is 3.98. The summed E-state index contributed by atoms with van der Waals surface area (Å²) in [4.78, 5) is 1.20. The van der Waals surface area contributed by atoms with Crippen LogP contribution in [0.4, 0.5) is 5.69 Å². The van der Waals surface area contributed by atoms with Gasteiger partial charge in [-0.2, -0.15) is 5.10 Å². The SMILES string of the molecule is Cc1ccccc1Sc1nn(C)cc1N. The second-order valence-corrected chi connectivity index (χ2v) is 4.46. The highest BCUT2D eigenvalue weighted by Crippen LogP contribution is 2.32. The van der Waals surface area contributed by atoms with Crippen molar-refractivity contribution in [3.63, 3.8) is 0 Å².